The van der Waals surface area contributed by atoms with Crippen LogP contribution in [0.2, 0.25) is 0 Å². The van der Waals surface area contributed by atoms with Crippen LogP contribution in [0.3, 0.4) is 0 Å². The van der Waals surface area contributed by atoms with Gasteiger partial charge in [0.05, 0.1) is 12.5 Å². The summed E-state index contributed by atoms with van der Waals surface area (Å²) in [5.41, 5.74) is 0.926. The van der Waals surface area contributed by atoms with Crippen LogP contribution >= 0.6 is 0 Å². The predicted molar refractivity (Wildman–Crippen MR) is 48.0 cm³/mol. The van der Waals surface area contributed by atoms with Crippen molar-refractivity contribution in [3.05, 3.63) is 42.5 Å². The van der Waals surface area contributed by atoms with Gasteiger partial charge in [-0.05, 0) is 6.07 Å². The fraction of sp³-hybridized carbons (Fsp3) is 0.111. The molecule has 14 heavy (non-hydrogen) atoms. The van der Waals surface area contributed by atoms with Gasteiger partial charge in [0.1, 0.15) is 0 Å². The van der Waals surface area contributed by atoms with Gasteiger partial charge in [-0.2, -0.15) is 4.39 Å². The van der Waals surface area contributed by atoms with E-state index in [0.29, 0.717) is 6.54 Å². The summed E-state index contributed by atoms with van der Waals surface area (Å²) >= 11 is 0. The quantitative estimate of drug-likeness (QED) is 0.807. The zero-order valence-electron chi connectivity index (χ0n) is 7.27. The molecule has 0 bridgehead atoms. The fourth-order valence-electron chi connectivity index (χ4n) is 1.02. The topological polar surface area (TPSA) is 51.0 Å². The Labute approximate surface area is 79.8 Å². The Morgan fingerprint density at radius 2 is 2.21 bits per heavy atom. The van der Waals surface area contributed by atoms with Crippen molar-refractivity contribution < 1.29 is 8.81 Å². The Morgan fingerprint density at radius 3 is 2.93 bits per heavy atom. The van der Waals surface area contributed by atoms with Gasteiger partial charge in [0.25, 0.3) is 5.95 Å². The van der Waals surface area contributed by atoms with Crippen LogP contribution in [0.25, 0.3) is 0 Å². The first-order valence-corrected chi connectivity index (χ1v) is 4.08. The third-order valence-electron chi connectivity index (χ3n) is 1.69. The molecule has 0 aliphatic rings. The van der Waals surface area contributed by atoms with E-state index in [1.807, 2.05) is 0 Å². The van der Waals surface area contributed by atoms with E-state index >= 15 is 0 Å². The Morgan fingerprint density at radius 1 is 1.36 bits per heavy atom. The van der Waals surface area contributed by atoms with Crippen molar-refractivity contribution in [1.29, 1.82) is 0 Å². The van der Waals surface area contributed by atoms with E-state index in [1.165, 1.54) is 12.4 Å². The molecule has 0 unspecified atom stereocenters. The molecule has 0 aliphatic carbocycles. The van der Waals surface area contributed by atoms with Crippen LogP contribution in [-0.4, -0.2) is 9.97 Å². The normalized spacial score (nSPS) is 10.1. The number of nitrogens with one attached hydrogen (secondary N) is 1. The second kappa shape index (κ2) is 3.87. The van der Waals surface area contributed by atoms with Crippen molar-refractivity contribution in [2.75, 3.05) is 5.32 Å². The summed E-state index contributed by atoms with van der Waals surface area (Å²) in [6, 6.07) is 1.79. The van der Waals surface area contributed by atoms with Crippen molar-refractivity contribution >= 4 is 5.82 Å². The maximum absolute atomic E-state index is 13.0. The smallest absolute Gasteiger partial charge is 0.255 e. The van der Waals surface area contributed by atoms with Crippen LogP contribution in [-0.2, 0) is 6.54 Å². The molecule has 2 aromatic heterocycles. The predicted octanol–water partition coefficient (Wildman–Crippen LogP) is 1.82. The minimum absolute atomic E-state index is 0.147. The molecule has 2 heterocycles. The molecule has 0 fully saturated rings. The molecule has 4 nitrogen and oxygen atoms in total. The Bertz CT molecular complexity index is 402. The van der Waals surface area contributed by atoms with Crippen LogP contribution in [0.15, 0.2) is 35.4 Å². The van der Waals surface area contributed by atoms with Gasteiger partial charge >= 0.3 is 0 Å². The van der Waals surface area contributed by atoms with Crippen LogP contribution in [0.1, 0.15) is 5.56 Å². The molecular formula is C9H8FN3O. The highest BCUT2D eigenvalue weighted by Crippen LogP contribution is 2.08. The van der Waals surface area contributed by atoms with E-state index in [9.17, 15) is 4.39 Å². The minimum atomic E-state index is -0.601. The van der Waals surface area contributed by atoms with Crippen molar-refractivity contribution in [2.45, 2.75) is 6.54 Å². The second-order valence-electron chi connectivity index (χ2n) is 2.68. The fourth-order valence-corrected chi connectivity index (χ4v) is 1.02. The summed E-state index contributed by atoms with van der Waals surface area (Å²) < 4.78 is 17.8. The molecule has 0 amide bonds. The lowest BCUT2D eigenvalue weighted by molar-refractivity contribution is 0.563. The summed E-state index contributed by atoms with van der Waals surface area (Å²) in [6.07, 6.45) is 5.88. The highest BCUT2D eigenvalue weighted by molar-refractivity contribution is 5.32. The number of anilines is 1. The molecule has 0 atom stereocenters. The lowest BCUT2D eigenvalue weighted by Crippen LogP contribution is -2.03. The summed E-state index contributed by atoms with van der Waals surface area (Å²) in [7, 11) is 0. The molecule has 0 saturated heterocycles. The number of rotatable bonds is 3. The third-order valence-corrected chi connectivity index (χ3v) is 1.69. The van der Waals surface area contributed by atoms with Crippen LogP contribution < -0.4 is 5.32 Å². The summed E-state index contributed by atoms with van der Waals surface area (Å²) in [5, 5.41) is 2.81. The maximum Gasteiger partial charge on any atom is 0.255 e. The molecule has 5 heteroatoms. The molecule has 0 radical (unpaired) electrons. The molecule has 72 valence electrons. The first-order valence-electron chi connectivity index (χ1n) is 4.08. The SMILES string of the molecule is Fc1nccnc1NCc1ccoc1. The number of hydrogen-bond acceptors (Lipinski definition) is 4. The second-order valence-corrected chi connectivity index (χ2v) is 2.68. The van der Waals surface area contributed by atoms with Gasteiger partial charge in [0.15, 0.2) is 5.82 Å². The van der Waals surface area contributed by atoms with Gasteiger partial charge in [-0.3, -0.25) is 0 Å². The van der Waals surface area contributed by atoms with E-state index in [4.69, 9.17) is 4.42 Å². The highest BCUT2D eigenvalue weighted by atomic mass is 19.1. The Kier molecular flexibility index (Phi) is 2.40. The molecule has 0 aliphatic heterocycles. The van der Waals surface area contributed by atoms with E-state index in [0.717, 1.165) is 5.56 Å². The summed E-state index contributed by atoms with van der Waals surface area (Å²) in [4.78, 5) is 7.26. The molecule has 1 N–H and O–H groups in total. The average molecular weight is 193 g/mol. The minimum Gasteiger partial charge on any atom is -0.472 e. The molecular weight excluding hydrogens is 185 g/mol. The molecule has 0 spiro atoms. The molecule has 0 saturated carbocycles. The van der Waals surface area contributed by atoms with Crippen molar-refractivity contribution in [1.82, 2.24) is 9.97 Å². The van der Waals surface area contributed by atoms with Crippen molar-refractivity contribution in [2.24, 2.45) is 0 Å². The monoisotopic (exact) mass is 193 g/mol. The molecule has 2 aromatic rings. The van der Waals surface area contributed by atoms with Crippen molar-refractivity contribution in [3.63, 3.8) is 0 Å². The van der Waals surface area contributed by atoms with Crippen LogP contribution in [0.4, 0.5) is 10.2 Å². The first kappa shape index (κ1) is 8.68. The number of halogens is 1. The number of aromatic nitrogens is 2. The number of furan rings is 1. The lowest BCUT2D eigenvalue weighted by atomic mass is 10.3. The van der Waals surface area contributed by atoms with E-state index in [2.05, 4.69) is 15.3 Å². The molecule has 0 aromatic carbocycles. The van der Waals surface area contributed by atoms with Crippen LogP contribution in [0.5, 0.6) is 0 Å². The van der Waals surface area contributed by atoms with Crippen molar-refractivity contribution in [3.8, 4) is 0 Å². The maximum atomic E-state index is 13.0. The Hall–Kier alpha value is -1.91. The first-order chi connectivity index (χ1) is 6.86. The average Bonchev–Trinajstić information content (AvgIpc) is 2.69. The lowest BCUT2D eigenvalue weighted by Gasteiger charge is -2.02. The zero-order valence-corrected chi connectivity index (χ0v) is 7.27. The van der Waals surface area contributed by atoms with Gasteiger partial charge < -0.3 is 9.73 Å². The van der Waals surface area contributed by atoms with Gasteiger partial charge in [-0.1, -0.05) is 0 Å². The largest absolute Gasteiger partial charge is 0.472 e. The van der Waals surface area contributed by atoms with Gasteiger partial charge in [-0.15, -0.1) is 0 Å². The Balaban J connectivity index is 2.02. The standard InChI is InChI=1S/C9H8FN3O/c10-8-9(12-3-2-11-8)13-5-7-1-4-14-6-7/h1-4,6H,5H2,(H,12,13). The van der Waals surface area contributed by atoms with E-state index in [1.54, 1.807) is 18.6 Å². The van der Waals surface area contributed by atoms with E-state index < -0.39 is 5.95 Å². The van der Waals surface area contributed by atoms with E-state index in [-0.39, 0.29) is 5.82 Å². The van der Waals surface area contributed by atoms with Gasteiger partial charge in [0, 0.05) is 24.5 Å². The van der Waals surface area contributed by atoms with Gasteiger partial charge in [-0.25, -0.2) is 9.97 Å². The third kappa shape index (κ3) is 1.87. The summed E-state index contributed by atoms with van der Waals surface area (Å²) in [6.45, 7) is 0.464. The molecule has 2 rings (SSSR count). The van der Waals surface area contributed by atoms with Gasteiger partial charge in [0.2, 0.25) is 0 Å². The summed E-state index contributed by atoms with van der Waals surface area (Å²) in [5.74, 6) is -0.454. The van der Waals surface area contributed by atoms with Crippen LogP contribution in [0, 0.1) is 5.95 Å². The highest BCUT2D eigenvalue weighted by Gasteiger charge is 2.02. The number of hydrogen-bond donors (Lipinski definition) is 1. The number of nitrogens with zero attached hydrogens (tertiary/aromatic N) is 2. The zero-order chi connectivity index (χ0) is 9.80.